The Morgan fingerprint density at radius 3 is 2.88 bits per heavy atom. The molecule has 2 rings (SSSR count). The lowest BCUT2D eigenvalue weighted by Crippen LogP contribution is -2.04. The van der Waals surface area contributed by atoms with Gasteiger partial charge in [-0.25, -0.2) is 4.98 Å². The lowest BCUT2D eigenvalue weighted by molar-refractivity contribution is 0.705. The molecule has 0 unspecified atom stereocenters. The van der Waals surface area contributed by atoms with Crippen LogP contribution in [-0.2, 0) is 13.0 Å². The third-order valence-corrected chi connectivity index (χ3v) is 3.07. The topological polar surface area (TPSA) is 43.8 Å². The molecule has 0 bridgehead atoms. The summed E-state index contributed by atoms with van der Waals surface area (Å²) in [5.41, 5.74) is 7.80. The number of hydrogen-bond donors (Lipinski definition) is 1. The minimum Gasteiger partial charge on any atom is -0.399 e. The molecular formula is C13H16BrN3. The third kappa shape index (κ3) is 3.09. The Labute approximate surface area is 110 Å². The summed E-state index contributed by atoms with van der Waals surface area (Å²) in [5, 5.41) is 0. The van der Waals surface area contributed by atoms with Gasteiger partial charge in [0.05, 0.1) is 0 Å². The van der Waals surface area contributed by atoms with E-state index in [1.54, 1.807) is 0 Å². The fraction of sp³-hybridized carbons (Fsp3) is 0.308. The summed E-state index contributed by atoms with van der Waals surface area (Å²) < 4.78 is 3.19. The van der Waals surface area contributed by atoms with Gasteiger partial charge in [-0.1, -0.05) is 22.9 Å². The Bertz CT molecular complexity index is 485. The first-order chi connectivity index (χ1) is 8.19. The minimum absolute atomic E-state index is 0.784. The molecule has 0 amide bonds. The molecule has 0 spiro atoms. The lowest BCUT2D eigenvalue weighted by Gasteiger charge is -2.08. The smallest absolute Gasteiger partial charge is 0.108 e. The number of nitrogens with zero attached hydrogens (tertiary/aromatic N) is 2. The van der Waals surface area contributed by atoms with Gasteiger partial charge in [0.15, 0.2) is 0 Å². The van der Waals surface area contributed by atoms with Crippen molar-refractivity contribution in [3.63, 3.8) is 0 Å². The SMILES string of the molecule is CCCc1nccn1Cc1cc(N)cc(Br)c1. The van der Waals surface area contributed by atoms with Crippen molar-refractivity contribution in [3.05, 3.63) is 46.5 Å². The molecule has 0 saturated carbocycles. The monoisotopic (exact) mass is 293 g/mol. The quantitative estimate of drug-likeness (QED) is 0.880. The van der Waals surface area contributed by atoms with E-state index in [-0.39, 0.29) is 0 Å². The molecule has 0 fully saturated rings. The van der Waals surface area contributed by atoms with E-state index in [2.05, 4.69) is 38.5 Å². The number of nitrogens with two attached hydrogens (primary N) is 1. The molecule has 1 aromatic heterocycles. The first kappa shape index (κ1) is 12.2. The Hall–Kier alpha value is -1.29. The Morgan fingerprint density at radius 2 is 2.18 bits per heavy atom. The van der Waals surface area contributed by atoms with Crippen LogP contribution in [0.3, 0.4) is 0 Å². The predicted molar refractivity (Wildman–Crippen MR) is 73.9 cm³/mol. The fourth-order valence-corrected chi connectivity index (χ4v) is 2.46. The normalized spacial score (nSPS) is 10.7. The summed E-state index contributed by atoms with van der Waals surface area (Å²) in [6, 6.07) is 6.00. The molecule has 0 aliphatic carbocycles. The fourth-order valence-electron chi connectivity index (χ4n) is 1.90. The van der Waals surface area contributed by atoms with Crippen molar-refractivity contribution in [1.29, 1.82) is 0 Å². The van der Waals surface area contributed by atoms with Crippen LogP contribution < -0.4 is 5.73 Å². The van der Waals surface area contributed by atoms with Crippen LogP contribution in [0.4, 0.5) is 5.69 Å². The first-order valence-corrected chi connectivity index (χ1v) is 6.53. The summed E-state index contributed by atoms with van der Waals surface area (Å²) in [4.78, 5) is 4.37. The van der Waals surface area contributed by atoms with Gasteiger partial charge in [0.1, 0.15) is 5.82 Å². The van der Waals surface area contributed by atoms with Crippen molar-refractivity contribution < 1.29 is 0 Å². The van der Waals surface area contributed by atoms with Gasteiger partial charge in [0, 0.05) is 35.5 Å². The second-order valence-electron chi connectivity index (χ2n) is 4.11. The van der Waals surface area contributed by atoms with E-state index in [1.165, 1.54) is 5.56 Å². The molecule has 0 radical (unpaired) electrons. The van der Waals surface area contributed by atoms with E-state index in [1.807, 2.05) is 24.5 Å². The molecule has 0 aliphatic rings. The van der Waals surface area contributed by atoms with E-state index in [4.69, 9.17) is 5.73 Å². The largest absolute Gasteiger partial charge is 0.399 e. The molecule has 1 heterocycles. The van der Waals surface area contributed by atoms with Crippen molar-refractivity contribution in [2.45, 2.75) is 26.3 Å². The van der Waals surface area contributed by atoms with Crippen LogP contribution in [0, 0.1) is 0 Å². The van der Waals surface area contributed by atoms with Crippen molar-refractivity contribution >= 4 is 21.6 Å². The van der Waals surface area contributed by atoms with Crippen molar-refractivity contribution in [1.82, 2.24) is 9.55 Å². The van der Waals surface area contributed by atoms with E-state index in [9.17, 15) is 0 Å². The van der Waals surface area contributed by atoms with Gasteiger partial charge in [-0.15, -0.1) is 0 Å². The third-order valence-electron chi connectivity index (χ3n) is 2.61. The number of imidazole rings is 1. The number of aryl methyl sites for hydroxylation is 1. The van der Waals surface area contributed by atoms with Crippen LogP contribution in [0.5, 0.6) is 0 Å². The summed E-state index contributed by atoms with van der Waals surface area (Å²) in [5.74, 6) is 1.13. The van der Waals surface area contributed by atoms with Crippen molar-refractivity contribution in [2.75, 3.05) is 5.73 Å². The molecule has 2 N–H and O–H groups in total. The molecule has 0 aliphatic heterocycles. The zero-order valence-corrected chi connectivity index (χ0v) is 11.4. The van der Waals surface area contributed by atoms with Crippen LogP contribution in [-0.4, -0.2) is 9.55 Å². The number of aromatic nitrogens is 2. The standard InChI is InChI=1S/C13H16BrN3/c1-2-3-13-16-4-5-17(13)9-10-6-11(14)8-12(15)7-10/h4-8H,2-3,9,15H2,1H3. The number of hydrogen-bond acceptors (Lipinski definition) is 2. The highest BCUT2D eigenvalue weighted by Crippen LogP contribution is 2.18. The average Bonchev–Trinajstić information content (AvgIpc) is 2.65. The van der Waals surface area contributed by atoms with Crippen LogP contribution in [0.15, 0.2) is 35.1 Å². The number of halogens is 1. The van der Waals surface area contributed by atoms with E-state index in [0.717, 1.165) is 35.4 Å². The molecular weight excluding hydrogens is 278 g/mol. The van der Waals surface area contributed by atoms with Gasteiger partial charge < -0.3 is 10.3 Å². The number of benzene rings is 1. The number of rotatable bonds is 4. The molecule has 90 valence electrons. The highest BCUT2D eigenvalue weighted by Gasteiger charge is 2.03. The van der Waals surface area contributed by atoms with Gasteiger partial charge in [-0.3, -0.25) is 0 Å². The lowest BCUT2D eigenvalue weighted by atomic mass is 10.2. The van der Waals surface area contributed by atoms with Gasteiger partial charge >= 0.3 is 0 Å². The van der Waals surface area contributed by atoms with Gasteiger partial charge in [-0.2, -0.15) is 0 Å². The summed E-state index contributed by atoms with van der Waals surface area (Å²) in [6.45, 7) is 2.98. The van der Waals surface area contributed by atoms with Crippen LogP contribution in [0.2, 0.25) is 0 Å². The number of nitrogen functional groups attached to an aromatic ring is 1. The van der Waals surface area contributed by atoms with Crippen LogP contribution in [0.1, 0.15) is 24.7 Å². The van der Waals surface area contributed by atoms with Crippen molar-refractivity contribution in [3.8, 4) is 0 Å². The predicted octanol–water partition coefficient (Wildman–Crippen LogP) is 3.23. The maximum atomic E-state index is 5.83. The minimum atomic E-state index is 0.784. The zero-order valence-electron chi connectivity index (χ0n) is 9.86. The molecule has 1 aromatic carbocycles. The molecule has 4 heteroatoms. The van der Waals surface area contributed by atoms with E-state index in [0.29, 0.717) is 0 Å². The van der Waals surface area contributed by atoms with E-state index < -0.39 is 0 Å². The molecule has 3 nitrogen and oxygen atoms in total. The highest BCUT2D eigenvalue weighted by atomic mass is 79.9. The Balaban J connectivity index is 2.22. The number of anilines is 1. The summed E-state index contributed by atoms with van der Waals surface area (Å²) in [7, 11) is 0. The average molecular weight is 294 g/mol. The molecule has 17 heavy (non-hydrogen) atoms. The van der Waals surface area contributed by atoms with E-state index >= 15 is 0 Å². The van der Waals surface area contributed by atoms with Gasteiger partial charge in [0.25, 0.3) is 0 Å². The summed E-state index contributed by atoms with van der Waals surface area (Å²) >= 11 is 3.46. The van der Waals surface area contributed by atoms with Crippen LogP contribution in [0.25, 0.3) is 0 Å². The van der Waals surface area contributed by atoms with Gasteiger partial charge in [-0.05, 0) is 30.2 Å². The molecule has 2 aromatic rings. The van der Waals surface area contributed by atoms with Gasteiger partial charge in [0.2, 0.25) is 0 Å². The Kier molecular flexibility index (Phi) is 3.84. The first-order valence-electron chi connectivity index (χ1n) is 5.74. The zero-order chi connectivity index (χ0) is 12.3. The summed E-state index contributed by atoms with van der Waals surface area (Å²) in [6.07, 6.45) is 5.99. The second-order valence-corrected chi connectivity index (χ2v) is 5.03. The molecule has 0 atom stereocenters. The second kappa shape index (κ2) is 5.36. The Morgan fingerprint density at radius 1 is 1.35 bits per heavy atom. The maximum Gasteiger partial charge on any atom is 0.108 e. The maximum absolute atomic E-state index is 5.83. The highest BCUT2D eigenvalue weighted by molar-refractivity contribution is 9.10. The molecule has 0 saturated heterocycles. The van der Waals surface area contributed by atoms with Crippen molar-refractivity contribution in [2.24, 2.45) is 0 Å². The van der Waals surface area contributed by atoms with Crippen LogP contribution >= 0.6 is 15.9 Å².